The van der Waals surface area contributed by atoms with Crippen LogP contribution in [0.5, 0.6) is 0 Å². The Hall–Kier alpha value is -1.07. The summed E-state index contributed by atoms with van der Waals surface area (Å²) in [5.41, 5.74) is 2.64. The minimum atomic E-state index is -0.583. The first kappa shape index (κ1) is 11.0. The Kier molecular flexibility index (Phi) is 3.49. The number of hydrogen-bond donors (Lipinski definition) is 3. The molecule has 5 heteroatoms. The number of hydrogen-bond acceptors (Lipinski definition) is 3. The van der Waals surface area contributed by atoms with E-state index in [-0.39, 0.29) is 6.04 Å². The van der Waals surface area contributed by atoms with Crippen molar-refractivity contribution in [1.29, 1.82) is 0 Å². The zero-order valence-corrected chi connectivity index (χ0v) is 9.23. The van der Waals surface area contributed by atoms with Crippen molar-refractivity contribution in [3.05, 3.63) is 21.4 Å². The van der Waals surface area contributed by atoms with Crippen LogP contribution in [0, 0.1) is 13.8 Å². The molecule has 3 N–H and O–H groups in total. The lowest BCUT2D eigenvalue weighted by molar-refractivity contribution is 0.159. The van der Waals surface area contributed by atoms with E-state index in [9.17, 15) is 4.79 Å². The van der Waals surface area contributed by atoms with Gasteiger partial charge in [-0.2, -0.15) is 0 Å². The van der Waals surface area contributed by atoms with Crippen molar-refractivity contribution in [3.8, 4) is 0 Å². The number of urea groups is 1. The SMILES string of the molecule is Cc1cc(C(C)NC(=O)NO)c(C)s1. The molecule has 1 heterocycles. The Morgan fingerprint density at radius 2 is 2.21 bits per heavy atom. The summed E-state index contributed by atoms with van der Waals surface area (Å²) in [5, 5.41) is 11.0. The van der Waals surface area contributed by atoms with E-state index >= 15 is 0 Å². The van der Waals surface area contributed by atoms with Crippen molar-refractivity contribution < 1.29 is 10.0 Å². The zero-order chi connectivity index (χ0) is 10.7. The monoisotopic (exact) mass is 214 g/mol. The van der Waals surface area contributed by atoms with Gasteiger partial charge < -0.3 is 5.32 Å². The van der Waals surface area contributed by atoms with Crippen LogP contribution in [0.1, 0.15) is 28.3 Å². The summed E-state index contributed by atoms with van der Waals surface area (Å²) in [5.74, 6) is 0. The molecule has 1 aromatic rings. The predicted octanol–water partition coefficient (Wildman–Crippen LogP) is 2.11. The maximum Gasteiger partial charge on any atom is 0.338 e. The summed E-state index contributed by atoms with van der Waals surface area (Å²) in [7, 11) is 0. The molecule has 78 valence electrons. The maximum absolute atomic E-state index is 10.8. The highest BCUT2D eigenvalue weighted by molar-refractivity contribution is 7.12. The number of carbonyl (C=O) groups is 1. The Bertz CT molecular complexity index is 336. The van der Waals surface area contributed by atoms with Gasteiger partial charge in [0.15, 0.2) is 0 Å². The molecule has 0 bridgehead atoms. The fourth-order valence-electron chi connectivity index (χ4n) is 1.39. The van der Waals surface area contributed by atoms with Gasteiger partial charge in [-0.15, -0.1) is 11.3 Å². The van der Waals surface area contributed by atoms with Crippen LogP contribution in [0.2, 0.25) is 0 Å². The summed E-state index contributed by atoms with van der Waals surface area (Å²) in [4.78, 5) is 13.3. The van der Waals surface area contributed by atoms with E-state index in [0.717, 1.165) is 5.56 Å². The van der Waals surface area contributed by atoms with E-state index in [4.69, 9.17) is 5.21 Å². The smallest absolute Gasteiger partial charge is 0.330 e. The van der Waals surface area contributed by atoms with Crippen LogP contribution in [0.4, 0.5) is 4.79 Å². The molecular weight excluding hydrogens is 200 g/mol. The van der Waals surface area contributed by atoms with Crippen molar-refractivity contribution in [3.63, 3.8) is 0 Å². The first-order valence-corrected chi connectivity index (χ1v) is 5.13. The van der Waals surface area contributed by atoms with E-state index in [1.54, 1.807) is 16.8 Å². The van der Waals surface area contributed by atoms with Gasteiger partial charge in [0.25, 0.3) is 0 Å². The fraction of sp³-hybridized carbons (Fsp3) is 0.444. The molecule has 0 fully saturated rings. The van der Waals surface area contributed by atoms with Crippen LogP contribution in [0.3, 0.4) is 0 Å². The number of aryl methyl sites for hydroxylation is 2. The van der Waals surface area contributed by atoms with Gasteiger partial charge in [0.2, 0.25) is 0 Å². The second-order valence-corrected chi connectivity index (χ2v) is 4.64. The molecule has 4 nitrogen and oxygen atoms in total. The standard InChI is InChI=1S/C9H14N2O2S/c1-5-4-8(7(3)14-5)6(2)10-9(12)11-13/h4,6,13H,1-3H3,(H2,10,11,12). The molecule has 0 aromatic carbocycles. The molecule has 1 aromatic heterocycles. The summed E-state index contributed by atoms with van der Waals surface area (Å²) in [6.07, 6.45) is 0. The zero-order valence-electron chi connectivity index (χ0n) is 8.42. The topological polar surface area (TPSA) is 61.4 Å². The molecule has 0 aliphatic carbocycles. The molecule has 0 spiro atoms. The van der Waals surface area contributed by atoms with Gasteiger partial charge in [0, 0.05) is 9.75 Å². The average Bonchev–Trinajstić information content (AvgIpc) is 2.45. The second-order valence-electron chi connectivity index (χ2n) is 3.18. The van der Waals surface area contributed by atoms with Gasteiger partial charge >= 0.3 is 6.03 Å². The van der Waals surface area contributed by atoms with Crippen molar-refractivity contribution in [2.24, 2.45) is 0 Å². The third-order valence-corrected chi connectivity index (χ3v) is 2.98. The van der Waals surface area contributed by atoms with Crippen LogP contribution < -0.4 is 10.8 Å². The molecule has 0 saturated carbocycles. The Morgan fingerprint density at radius 3 is 2.64 bits per heavy atom. The number of rotatable bonds is 2. The Morgan fingerprint density at radius 1 is 1.57 bits per heavy atom. The van der Waals surface area contributed by atoms with Gasteiger partial charge in [-0.3, -0.25) is 5.21 Å². The predicted molar refractivity (Wildman–Crippen MR) is 55.7 cm³/mol. The third kappa shape index (κ3) is 2.46. The lowest BCUT2D eigenvalue weighted by atomic mass is 10.1. The normalized spacial score (nSPS) is 12.3. The second kappa shape index (κ2) is 4.43. The molecule has 1 rings (SSSR count). The quantitative estimate of drug-likeness (QED) is 0.521. The summed E-state index contributed by atoms with van der Waals surface area (Å²) in [6, 6.07) is 1.37. The van der Waals surface area contributed by atoms with Crippen molar-refractivity contribution in [1.82, 2.24) is 10.8 Å². The highest BCUT2D eigenvalue weighted by Crippen LogP contribution is 2.25. The van der Waals surface area contributed by atoms with E-state index in [0.29, 0.717) is 0 Å². The van der Waals surface area contributed by atoms with Crippen LogP contribution in [0.15, 0.2) is 6.07 Å². The maximum atomic E-state index is 10.8. The minimum absolute atomic E-state index is 0.0906. The Labute approximate surface area is 86.9 Å². The van der Waals surface area contributed by atoms with Crippen molar-refractivity contribution in [2.45, 2.75) is 26.8 Å². The van der Waals surface area contributed by atoms with Crippen LogP contribution in [-0.4, -0.2) is 11.2 Å². The largest absolute Gasteiger partial charge is 0.338 e. The molecule has 2 amide bonds. The molecule has 0 aliphatic rings. The van der Waals surface area contributed by atoms with Crippen LogP contribution in [-0.2, 0) is 0 Å². The van der Waals surface area contributed by atoms with E-state index in [1.165, 1.54) is 9.75 Å². The lowest BCUT2D eigenvalue weighted by Gasteiger charge is -2.12. The van der Waals surface area contributed by atoms with Crippen molar-refractivity contribution >= 4 is 17.4 Å². The highest BCUT2D eigenvalue weighted by atomic mass is 32.1. The number of thiophene rings is 1. The van der Waals surface area contributed by atoms with Gasteiger partial charge in [-0.05, 0) is 32.4 Å². The molecule has 0 radical (unpaired) electrons. The van der Waals surface area contributed by atoms with E-state index in [1.807, 2.05) is 26.8 Å². The van der Waals surface area contributed by atoms with Crippen molar-refractivity contribution in [2.75, 3.05) is 0 Å². The third-order valence-electron chi connectivity index (χ3n) is 2.00. The summed E-state index contributed by atoms with van der Waals surface area (Å²) < 4.78 is 0. The van der Waals surface area contributed by atoms with Gasteiger partial charge in [-0.1, -0.05) is 0 Å². The first-order valence-electron chi connectivity index (χ1n) is 4.32. The molecule has 0 aliphatic heterocycles. The van der Waals surface area contributed by atoms with Gasteiger partial charge in [0.05, 0.1) is 6.04 Å². The number of carbonyl (C=O) groups excluding carboxylic acids is 1. The summed E-state index contributed by atoms with van der Waals surface area (Å²) >= 11 is 1.70. The molecule has 0 saturated heterocycles. The number of hydroxylamine groups is 1. The molecule has 14 heavy (non-hydrogen) atoms. The highest BCUT2D eigenvalue weighted by Gasteiger charge is 2.12. The van der Waals surface area contributed by atoms with Crippen LogP contribution in [0.25, 0.3) is 0 Å². The number of amides is 2. The van der Waals surface area contributed by atoms with E-state index < -0.39 is 6.03 Å². The average molecular weight is 214 g/mol. The number of nitrogens with one attached hydrogen (secondary N) is 2. The molecule has 1 atom stereocenters. The molecule has 1 unspecified atom stereocenters. The summed E-state index contributed by atoms with van der Waals surface area (Å²) in [6.45, 7) is 5.92. The van der Waals surface area contributed by atoms with Gasteiger partial charge in [0.1, 0.15) is 0 Å². The molecular formula is C9H14N2O2S. The van der Waals surface area contributed by atoms with Gasteiger partial charge in [-0.25, -0.2) is 10.3 Å². The minimum Gasteiger partial charge on any atom is -0.330 e. The van der Waals surface area contributed by atoms with E-state index in [2.05, 4.69) is 5.32 Å². The fourth-order valence-corrected chi connectivity index (χ4v) is 2.41. The Balaban J connectivity index is 2.73. The van der Waals surface area contributed by atoms with Crippen LogP contribution >= 0.6 is 11.3 Å². The first-order chi connectivity index (χ1) is 6.54. The lowest BCUT2D eigenvalue weighted by Crippen LogP contribution is -2.35.